The Labute approximate surface area is 228 Å². The zero-order chi connectivity index (χ0) is 26.5. The van der Waals surface area contributed by atoms with Crippen LogP contribution >= 0.6 is 0 Å². The van der Waals surface area contributed by atoms with Gasteiger partial charge in [-0.25, -0.2) is 4.39 Å². The van der Waals surface area contributed by atoms with Crippen molar-refractivity contribution in [3.05, 3.63) is 88.7 Å². The van der Waals surface area contributed by atoms with Gasteiger partial charge in [-0.3, -0.25) is 4.90 Å². The third-order valence-electron chi connectivity index (χ3n) is 8.79. The zero-order valence-electron chi connectivity index (χ0n) is 21.8. The average molecular weight is 523 g/mol. The summed E-state index contributed by atoms with van der Waals surface area (Å²) < 4.78 is 28.1. The Balaban J connectivity index is 1.24. The molecule has 39 heavy (non-hydrogen) atoms. The summed E-state index contributed by atoms with van der Waals surface area (Å²) in [6.07, 6.45) is 6.49. The van der Waals surface area contributed by atoms with Gasteiger partial charge in [0.25, 0.3) is 0 Å². The molecule has 1 N–H and O–H groups in total. The van der Waals surface area contributed by atoms with Crippen molar-refractivity contribution in [2.24, 2.45) is 5.92 Å². The summed E-state index contributed by atoms with van der Waals surface area (Å²) in [6.45, 7) is 1.88. The first-order valence-corrected chi connectivity index (χ1v) is 14.0. The number of nitrogens with zero attached hydrogens (tertiary/aromatic N) is 2. The summed E-state index contributed by atoms with van der Waals surface area (Å²) in [5.74, 6) is 0.392. The number of hydrogen-bond acceptors (Lipinski definition) is 5. The number of hydrogen-bond donors (Lipinski definition) is 1. The normalized spacial score (nSPS) is 24.2. The van der Waals surface area contributed by atoms with E-state index in [1.54, 1.807) is 12.1 Å². The molecule has 1 saturated carbocycles. The fourth-order valence-corrected chi connectivity index (χ4v) is 6.76. The molecule has 6 heteroatoms. The van der Waals surface area contributed by atoms with Gasteiger partial charge in [0, 0.05) is 17.7 Å². The van der Waals surface area contributed by atoms with E-state index in [4.69, 9.17) is 9.47 Å². The van der Waals surface area contributed by atoms with Crippen molar-refractivity contribution in [1.82, 2.24) is 4.90 Å². The molecule has 3 atom stereocenters. The highest BCUT2D eigenvalue weighted by atomic mass is 19.1. The van der Waals surface area contributed by atoms with Crippen LogP contribution in [0, 0.1) is 23.1 Å². The fourth-order valence-electron chi connectivity index (χ4n) is 6.76. The lowest BCUT2D eigenvalue weighted by atomic mass is 9.82. The number of fused-ring (bicyclic) bond motifs is 2. The summed E-state index contributed by atoms with van der Waals surface area (Å²) in [6, 6.07) is 21.9. The van der Waals surface area contributed by atoms with Gasteiger partial charge >= 0.3 is 0 Å². The molecule has 0 spiro atoms. The van der Waals surface area contributed by atoms with Crippen molar-refractivity contribution in [1.29, 1.82) is 5.26 Å². The topological polar surface area (TPSA) is 65.7 Å². The van der Waals surface area contributed by atoms with Crippen LogP contribution in [0.2, 0.25) is 0 Å². The van der Waals surface area contributed by atoms with Crippen LogP contribution in [-0.4, -0.2) is 35.2 Å². The molecule has 3 unspecified atom stereocenters. The number of phenolic OH excluding ortho intramolecular Hbond substituents is 1. The van der Waals surface area contributed by atoms with Crippen LogP contribution in [0.5, 0.6) is 17.2 Å². The maximum atomic E-state index is 15.4. The minimum atomic E-state index is -0.655. The summed E-state index contributed by atoms with van der Waals surface area (Å²) in [7, 11) is 0. The van der Waals surface area contributed by atoms with Crippen molar-refractivity contribution in [2.45, 2.75) is 56.7 Å². The third-order valence-corrected chi connectivity index (χ3v) is 8.79. The molecule has 3 heterocycles. The second kappa shape index (κ2) is 9.73. The molecule has 0 amide bonds. The van der Waals surface area contributed by atoms with Gasteiger partial charge in [0.2, 0.25) is 0 Å². The van der Waals surface area contributed by atoms with Crippen molar-refractivity contribution < 1.29 is 19.0 Å². The van der Waals surface area contributed by atoms with Gasteiger partial charge in [-0.05, 0) is 104 Å². The number of rotatable bonds is 6. The van der Waals surface area contributed by atoms with E-state index in [0.29, 0.717) is 29.5 Å². The van der Waals surface area contributed by atoms with Crippen molar-refractivity contribution in [3.8, 4) is 23.3 Å². The van der Waals surface area contributed by atoms with Crippen LogP contribution in [-0.2, 0) is 0 Å². The molecule has 0 aromatic heterocycles. The largest absolute Gasteiger partial charge is 0.505 e. The quantitative estimate of drug-likeness (QED) is 0.383. The molecule has 3 aliphatic heterocycles. The summed E-state index contributed by atoms with van der Waals surface area (Å²) in [5, 5.41) is 19.8. The van der Waals surface area contributed by atoms with Crippen LogP contribution < -0.4 is 9.47 Å². The highest BCUT2D eigenvalue weighted by Gasteiger charge is 2.41. The minimum Gasteiger partial charge on any atom is -0.505 e. The Hall–Kier alpha value is -3.82. The van der Waals surface area contributed by atoms with E-state index in [2.05, 4.69) is 11.0 Å². The minimum absolute atomic E-state index is 0.177. The number of ether oxygens (including phenoxy) is 2. The van der Waals surface area contributed by atoms with Gasteiger partial charge in [0.1, 0.15) is 24.2 Å². The first-order valence-electron chi connectivity index (χ1n) is 14.0. The molecular weight excluding hydrogens is 491 g/mol. The molecule has 3 aromatic carbocycles. The SMILES string of the molecule is N#Cc1cccc(C2=C(C3CC3)c3c(ccc(O)c3F)OC2c2ccc(OCC3CCC4CCCN43)cc2)c1. The lowest BCUT2D eigenvalue weighted by Crippen LogP contribution is -2.35. The Kier molecular flexibility index (Phi) is 6.05. The maximum Gasteiger partial charge on any atom is 0.176 e. The van der Waals surface area contributed by atoms with Gasteiger partial charge in [0.05, 0.1) is 17.2 Å². The number of benzene rings is 3. The van der Waals surface area contributed by atoms with E-state index in [-0.39, 0.29) is 11.7 Å². The second-order valence-electron chi connectivity index (χ2n) is 11.2. The standard InChI is InChI=1S/C33H31FN2O3/c34-32-27(37)14-15-28-31(32)29(21-6-7-21)30(23-4-1-3-20(17-23)18-35)33(39-28)22-8-12-26(13-9-22)38-19-25-11-10-24-5-2-16-36(24)25/h1,3-4,8-9,12-15,17,21,24-25,33,37H,2,5-7,10-11,16,19H2. The van der Waals surface area contributed by atoms with E-state index in [0.717, 1.165) is 46.9 Å². The Morgan fingerprint density at radius 1 is 1.00 bits per heavy atom. The molecule has 3 aromatic rings. The predicted octanol–water partition coefficient (Wildman–Crippen LogP) is 6.86. The van der Waals surface area contributed by atoms with Crippen LogP contribution in [0.4, 0.5) is 4.39 Å². The van der Waals surface area contributed by atoms with Crippen LogP contribution in [0.1, 0.15) is 66.9 Å². The molecule has 2 saturated heterocycles. The van der Waals surface area contributed by atoms with E-state index in [9.17, 15) is 10.4 Å². The van der Waals surface area contributed by atoms with Gasteiger partial charge < -0.3 is 14.6 Å². The lowest BCUT2D eigenvalue weighted by molar-refractivity contribution is 0.169. The molecule has 3 fully saturated rings. The lowest BCUT2D eigenvalue weighted by Gasteiger charge is -2.33. The number of nitriles is 1. The van der Waals surface area contributed by atoms with Gasteiger partial charge in [-0.1, -0.05) is 24.3 Å². The number of allylic oxidation sites excluding steroid dienone is 1. The summed E-state index contributed by atoms with van der Waals surface area (Å²) in [4.78, 5) is 2.62. The highest BCUT2D eigenvalue weighted by molar-refractivity contribution is 5.98. The smallest absolute Gasteiger partial charge is 0.176 e. The second-order valence-corrected chi connectivity index (χ2v) is 11.2. The van der Waals surface area contributed by atoms with E-state index < -0.39 is 11.9 Å². The molecule has 0 radical (unpaired) electrons. The highest BCUT2D eigenvalue weighted by Crippen LogP contribution is 2.56. The third kappa shape index (κ3) is 4.35. The van der Waals surface area contributed by atoms with E-state index >= 15 is 4.39 Å². The van der Waals surface area contributed by atoms with E-state index in [1.807, 2.05) is 42.5 Å². The number of phenols is 1. The molecule has 0 bridgehead atoms. The van der Waals surface area contributed by atoms with Crippen molar-refractivity contribution >= 4 is 11.1 Å². The molecule has 7 rings (SSSR count). The van der Waals surface area contributed by atoms with E-state index in [1.165, 1.54) is 38.3 Å². The fraction of sp³-hybridized carbons (Fsp3) is 0.364. The van der Waals surface area contributed by atoms with Crippen molar-refractivity contribution in [3.63, 3.8) is 0 Å². The molecule has 198 valence electrons. The van der Waals surface area contributed by atoms with Crippen molar-refractivity contribution in [2.75, 3.05) is 13.2 Å². The molecule has 1 aliphatic carbocycles. The molecule has 4 aliphatic rings. The van der Waals surface area contributed by atoms with Gasteiger partial charge in [0.15, 0.2) is 11.6 Å². The summed E-state index contributed by atoms with van der Waals surface area (Å²) >= 11 is 0. The van der Waals surface area contributed by atoms with Crippen LogP contribution in [0.3, 0.4) is 0 Å². The average Bonchev–Trinajstić information content (AvgIpc) is 3.58. The predicted molar refractivity (Wildman–Crippen MR) is 147 cm³/mol. The Morgan fingerprint density at radius 2 is 1.85 bits per heavy atom. The molecule has 5 nitrogen and oxygen atoms in total. The molecular formula is C33H31FN2O3. The number of halogens is 1. The van der Waals surface area contributed by atoms with Gasteiger partial charge in [-0.15, -0.1) is 0 Å². The Morgan fingerprint density at radius 3 is 2.64 bits per heavy atom. The Bertz CT molecular complexity index is 1490. The maximum absolute atomic E-state index is 15.4. The van der Waals surface area contributed by atoms with Crippen LogP contribution in [0.15, 0.2) is 60.7 Å². The van der Waals surface area contributed by atoms with Crippen LogP contribution in [0.25, 0.3) is 11.1 Å². The zero-order valence-corrected chi connectivity index (χ0v) is 21.8. The first-order chi connectivity index (χ1) is 19.1. The first kappa shape index (κ1) is 24.2. The number of aromatic hydroxyl groups is 1. The monoisotopic (exact) mass is 522 g/mol. The van der Waals surface area contributed by atoms with Gasteiger partial charge in [-0.2, -0.15) is 5.26 Å². The summed E-state index contributed by atoms with van der Waals surface area (Å²) in [5.41, 5.74) is 4.35.